The van der Waals surface area contributed by atoms with Crippen LogP contribution in [0.1, 0.15) is 11.3 Å². The molecule has 1 N–H and O–H groups in total. The van der Waals surface area contributed by atoms with Crippen molar-refractivity contribution in [2.24, 2.45) is 0 Å². The van der Waals surface area contributed by atoms with Gasteiger partial charge in [0.15, 0.2) is 0 Å². The summed E-state index contributed by atoms with van der Waals surface area (Å²) in [6.45, 7) is 1.03. The highest BCUT2D eigenvalue weighted by atomic mass is 79.9. The first kappa shape index (κ1) is 12.6. The highest BCUT2D eigenvalue weighted by Crippen LogP contribution is 2.21. The third-order valence-electron chi connectivity index (χ3n) is 2.47. The van der Waals surface area contributed by atoms with Crippen LogP contribution in [0.5, 0.6) is 0 Å². The maximum atomic E-state index is 11.8. The summed E-state index contributed by atoms with van der Waals surface area (Å²) < 4.78 is 1.08. The lowest BCUT2D eigenvalue weighted by Gasteiger charge is -2.22. The first-order valence-corrected chi connectivity index (χ1v) is 8.12. The Morgan fingerprint density at radius 1 is 1.62 bits per heavy atom. The molecule has 1 aromatic heterocycles. The molecule has 0 radical (unpaired) electrons. The topological polar surface area (TPSA) is 29.1 Å². The Labute approximate surface area is 112 Å². The number of nitrogens with one attached hydrogen (secondary N) is 1. The predicted octanol–water partition coefficient (Wildman–Crippen LogP) is 2.72. The average Bonchev–Trinajstić information content (AvgIpc) is 2.65. The first-order valence-electron chi connectivity index (χ1n) is 5.30. The highest BCUT2D eigenvalue weighted by molar-refractivity contribution is 9.10. The van der Waals surface area contributed by atoms with Crippen molar-refractivity contribution in [2.45, 2.75) is 18.9 Å². The average molecular weight is 320 g/mol. The summed E-state index contributed by atoms with van der Waals surface area (Å²) in [7, 11) is 0. The molecule has 0 bridgehead atoms. The quantitative estimate of drug-likeness (QED) is 0.925. The number of hydrogen-bond acceptors (Lipinski definition) is 4. The second-order valence-electron chi connectivity index (χ2n) is 3.88. The molecule has 0 amide bonds. The maximum absolute atomic E-state index is 11.8. The summed E-state index contributed by atoms with van der Waals surface area (Å²) in [5, 5.41) is 5.42. The number of carbonyl (C=O) groups is 1. The number of halogens is 1. The number of thiophene rings is 1. The van der Waals surface area contributed by atoms with E-state index in [1.807, 2.05) is 23.2 Å². The molecule has 16 heavy (non-hydrogen) atoms. The summed E-state index contributed by atoms with van der Waals surface area (Å²) >= 11 is 6.99. The van der Waals surface area contributed by atoms with Crippen LogP contribution >= 0.6 is 39.0 Å². The van der Waals surface area contributed by atoms with Crippen LogP contribution < -0.4 is 5.32 Å². The van der Waals surface area contributed by atoms with Gasteiger partial charge in [-0.05, 0) is 22.0 Å². The number of thioether (sulfide) groups is 1. The van der Waals surface area contributed by atoms with E-state index in [9.17, 15) is 4.79 Å². The largest absolute Gasteiger partial charge is 0.312 e. The summed E-state index contributed by atoms with van der Waals surface area (Å²) in [6.07, 6.45) is 1.25. The third-order valence-corrected chi connectivity index (χ3v) is 5.29. The molecule has 0 aromatic carbocycles. The van der Waals surface area contributed by atoms with Crippen LogP contribution in [-0.2, 0) is 11.2 Å². The van der Waals surface area contributed by atoms with Gasteiger partial charge in [0.25, 0.3) is 0 Å². The molecular weight excluding hydrogens is 306 g/mol. The van der Waals surface area contributed by atoms with E-state index >= 15 is 0 Å². The SMILES string of the molecule is O=C(Cc1cc(Br)cs1)CC1CSCCN1. The van der Waals surface area contributed by atoms with Gasteiger partial charge in [-0.3, -0.25) is 4.79 Å². The number of ketones is 1. The highest BCUT2D eigenvalue weighted by Gasteiger charge is 2.17. The zero-order valence-corrected chi connectivity index (χ0v) is 12.1. The molecule has 0 spiro atoms. The fraction of sp³-hybridized carbons (Fsp3) is 0.545. The van der Waals surface area contributed by atoms with Gasteiger partial charge >= 0.3 is 0 Å². The van der Waals surface area contributed by atoms with Crippen molar-refractivity contribution in [1.82, 2.24) is 5.32 Å². The van der Waals surface area contributed by atoms with Crippen LogP contribution in [-0.4, -0.2) is 29.9 Å². The molecule has 1 aromatic rings. The van der Waals surface area contributed by atoms with E-state index in [2.05, 4.69) is 21.2 Å². The van der Waals surface area contributed by atoms with E-state index in [0.717, 1.165) is 21.6 Å². The van der Waals surface area contributed by atoms with Gasteiger partial charge in [-0.2, -0.15) is 11.8 Å². The fourth-order valence-electron chi connectivity index (χ4n) is 1.74. The minimum Gasteiger partial charge on any atom is -0.312 e. The van der Waals surface area contributed by atoms with Gasteiger partial charge in [0.2, 0.25) is 0 Å². The van der Waals surface area contributed by atoms with Crippen molar-refractivity contribution >= 4 is 44.8 Å². The summed E-state index contributed by atoms with van der Waals surface area (Å²) in [4.78, 5) is 13.0. The van der Waals surface area contributed by atoms with E-state index in [1.165, 1.54) is 5.75 Å². The zero-order chi connectivity index (χ0) is 11.4. The number of carbonyl (C=O) groups excluding carboxylic acids is 1. The van der Waals surface area contributed by atoms with Crippen molar-refractivity contribution in [2.75, 3.05) is 18.1 Å². The van der Waals surface area contributed by atoms with Crippen molar-refractivity contribution in [3.05, 3.63) is 20.8 Å². The molecule has 1 atom stereocenters. The van der Waals surface area contributed by atoms with E-state index in [-0.39, 0.29) is 0 Å². The van der Waals surface area contributed by atoms with E-state index < -0.39 is 0 Å². The lowest BCUT2D eigenvalue weighted by Crippen LogP contribution is -2.39. The Morgan fingerprint density at radius 2 is 2.50 bits per heavy atom. The van der Waals surface area contributed by atoms with Gasteiger partial charge in [-0.1, -0.05) is 0 Å². The van der Waals surface area contributed by atoms with Crippen molar-refractivity contribution in [3.63, 3.8) is 0 Å². The van der Waals surface area contributed by atoms with Gasteiger partial charge in [-0.15, -0.1) is 11.3 Å². The summed E-state index contributed by atoms with van der Waals surface area (Å²) in [6, 6.07) is 2.42. The standard InChI is InChI=1S/C11H14BrNOS2/c12-8-3-11(16-6-8)5-10(14)4-9-7-15-2-1-13-9/h3,6,9,13H,1-2,4-5,7H2. The molecule has 2 rings (SSSR count). The van der Waals surface area contributed by atoms with Crippen LogP contribution in [0.15, 0.2) is 15.9 Å². The number of hydrogen-bond donors (Lipinski definition) is 1. The second-order valence-corrected chi connectivity index (χ2v) is 6.94. The minimum absolute atomic E-state index is 0.342. The summed E-state index contributed by atoms with van der Waals surface area (Å²) in [5.74, 6) is 2.58. The molecule has 88 valence electrons. The van der Waals surface area contributed by atoms with Crippen LogP contribution in [0.25, 0.3) is 0 Å². The van der Waals surface area contributed by atoms with Gasteiger partial charge in [-0.25, -0.2) is 0 Å². The Morgan fingerprint density at radius 3 is 3.12 bits per heavy atom. The fourth-order valence-corrected chi connectivity index (χ4v) is 4.17. The Kier molecular flexibility index (Phi) is 4.88. The molecule has 0 aliphatic carbocycles. The molecule has 2 heterocycles. The lowest BCUT2D eigenvalue weighted by molar-refractivity contribution is -0.118. The van der Waals surface area contributed by atoms with Gasteiger partial charge < -0.3 is 5.32 Å². The number of rotatable bonds is 4. The van der Waals surface area contributed by atoms with Crippen LogP contribution in [0.2, 0.25) is 0 Å². The molecular formula is C11H14BrNOS2. The van der Waals surface area contributed by atoms with Crippen LogP contribution in [0, 0.1) is 0 Å². The molecule has 1 aliphatic rings. The Hall–Kier alpha value is 0.160. The Balaban J connectivity index is 1.79. The molecule has 5 heteroatoms. The van der Waals surface area contributed by atoms with Crippen LogP contribution in [0.3, 0.4) is 0 Å². The van der Waals surface area contributed by atoms with Crippen molar-refractivity contribution in [1.29, 1.82) is 0 Å². The third kappa shape index (κ3) is 3.87. The smallest absolute Gasteiger partial charge is 0.139 e. The zero-order valence-electron chi connectivity index (χ0n) is 8.87. The minimum atomic E-state index is 0.342. The van der Waals surface area contributed by atoms with E-state index in [4.69, 9.17) is 0 Å². The molecule has 1 aliphatic heterocycles. The van der Waals surface area contributed by atoms with Gasteiger partial charge in [0, 0.05) is 51.7 Å². The summed E-state index contributed by atoms with van der Waals surface area (Å²) in [5.41, 5.74) is 0. The van der Waals surface area contributed by atoms with Crippen LogP contribution in [0.4, 0.5) is 0 Å². The van der Waals surface area contributed by atoms with E-state index in [1.54, 1.807) is 11.3 Å². The normalized spacial score (nSPS) is 20.9. The van der Waals surface area contributed by atoms with Crippen molar-refractivity contribution < 1.29 is 4.79 Å². The Bertz CT molecular complexity index is 361. The van der Waals surface area contributed by atoms with Crippen molar-refractivity contribution in [3.8, 4) is 0 Å². The first-order chi connectivity index (χ1) is 7.74. The molecule has 1 saturated heterocycles. The lowest BCUT2D eigenvalue weighted by atomic mass is 10.1. The molecule has 1 fully saturated rings. The second kappa shape index (κ2) is 6.19. The molecule has 1 unspecified atom stereocenters. The van der Waals surface area contributed by atoms with Gasteiger partial charge in [0.05, 0.1) is 0 Å². The molecule has 2 nitrogen and oxygen atoms in total. The van der Waals surface area contributed by atoms with E-state index in [0.29, 0.717) is 24.7 Å². The maximum Gasteiger partial charge on any atom is 0.139 e. The van der Waals surface area contributed by atoms with Gasteiger partial charge in [0.1, 0.15) is 5.78 Å². The molecule has 0 saturated carbocycles. The number of Topliss-reactive ketones (excluding diaryl/α,β-unsaturated/α-hetero) is 1. The monoisotopic (exact) mass is 319 g/mol. The predicted molar refractivity (Wildman–Crippen MR) is 74.5 cm³/mol.